The first-order valence-electron chi connectivity index (χ1n) is 13.5. The summed E-state index contributed by atoms with van der Waals surface area (Å²) in [6, 6.07) is 13.5. The van der Waals surface area contributed by atoms with Gasteiger partial charge in [-0.1, -0.05) is 65.8 Å². The fraction of sp³-hybridized carbons (Fsp3) is 0.452. The highest BCUT2D eigenvalue weighted by atomic mass is 32.2. The summed E-state index contributed by atoms with van der Waals surface area (Å²) in [6.45, 7) is 17.3. The average molecular weight is 565 g/mol. The monoisotopic (exact) mass is 564 g/mol. The lowest BCUT2D eigenvalue weighted by molar-refractivity contribution is 0.0434. The van der Waals surface area contributed by atoms with Crippen LogP contribution in [0.3, 0.4) is 0 Å². The van der Waals surface area contributed by atoms with Gasteiger partial charge in [-0.05, 0) is 60.4 Å². The summed E-state index contributed by atoms with van der Waals surface area (Å²) in [4.78, 5) is 24.8. The number of sulfonamides is 1. The number of fused-ring (bicyclic) bond motifs is 4. The third-order valence-electron chi connectivity index (χ3n) is 6.67. The second-order valence-corrected chi connectivity index (χ2v) is 14.7. The molecule has 0 fully saturated rings. The lowest BCUT2D eigenvalue weighted by Crippen LogP contribution is -2.49. The number of carbonyl (C=O) groups is 1. The van der Waals surface area contributed by atoms with Gasteiger partial charge in [0, 0.05) is 23.7 Å². The Morgan fingerprint density at radius 3 is 2.23 bits per heavy atom. The molecule has 2 aromatic carbocycles. The van der Waals surface area contributed by atoms with E-state index in [0.29, 0.717) is 24.2 Å². The molecule has 1 aliphatic heterocycles. The molecule has 1 aromatic heterocycles. The molecule has 1 N–H and O–H groups in total. The molecule has 4 bridgehead atoms. The molecule has 0 radical (unpaired) electrons. The SMILES string of the molecule is Cc1cccc(C)c1-c1cc2nc(n1)NS(=O)(=O)c1cccc(c1)C(=O)N(CC(C)(C)C)[C@H](CC(C)(C)C)CO2. The van der Waals surface area contributed by atoms with E-state index in [1.807, 2.05) is 36.9 Å². The van der Waals surface area contributed by atoms with Crippen LogP contribution < -0.4 is 9.46 Å². The van der Waals surface area contributed by atoms with Crippen LogP contribution in [-0.4, -0.2) is 48.4 Å². The Balaban J connectivity index is 1.93. The van der Waals surface area contributed by atoms with Gasteiger partial charge in [0.2, 0.25) is 11.8 Å². The second kappa shape index (κ2) is 10.8. The van der Waals surface area contributed by atoms with Gasteiger partial charge in [0.15, 0.2) is 0 Å². The first-order chi connectivity index (χ1) is 18.5. The van der Waals surface area contributed by atoms with Gasteiger partial charge in [-0.25, -0.2) is 18.1 Å². The maximum absolute atomic E-state index is 14.0. The van der Waals surface area contributed by atoms with Crippen LogP contribution in [0, 0.1) is 24.7 Å². The maximum Gasteiger partial charge on any atom is 0.264 e. The van der Waals surface area contributed by atoms with Crippen molar-refractivity contribution in [3.8, 4) is 17.1 Å². The molecule has 0 spiro atoms. The summed E-state index contributed by atoms with van der Waals surface area (Å²) < 4.78 is 35.7. The second-order valence-electron chi connectivity index (χ2n) is 13.0. The summed E-state index contributed by atoms with van der Waals surface area (Å²) in [5, 5.41) is 0. The Hall–Kier alpha value is -3.46. The molecule has 0 saturated carbocycles. The van der Waals surface area contributed by atoms with Crippen molar-refractivity contribution < 1.29 is 17.9 Å². The van der Waals surface area contributed by atoms with Gasteiger partial charge in [0.1, 0.15) is 6.61 Å². The van der Waals surface area contributed by atoms with E-state index in [0.717, 1.165) is 16.7 Å². The quantitative estimate of drug-likeness (QED) is 0.404. The molecule has 0 saturated heterocycles. The van der Waals surface area contributed by atoms with Crippen LogP contribution in [0.25, 0.3) is 11.3 Å². The average Bonchev–Trinajstić information content (AvgIpc) is 2.83. The molecule has 0 unspecified atom stereocenters. The molecule has 3 aromatic rings. The number of anilines is 1. The molecule has 1 atom stereocenters. The van der Waals surface area contributed by atoms with Crippen molar-refractivity contribution in [2.75, 3.05) is 17.9 Å². The number of nitrogens with one attached hydrogen (secondary N) is 1. The fourth-order valence-electron chi connectivity index (χ4n) is 5.06. The van der Waals surface area contributed by atoms with Crippen molar-refractivity contribution in [2.24, 2.45) is 10.8 Å². The van der Waals surface area contributed by atoms with E-state index in [1.165, 1.54) is 12.1 Å². The van der Waals surface area contributed by atoms with E-state index in [2.05, 4.69) is 56.2 Å². The topological polar surface area (TPSA) is 101 Å². The van der Waals surface area contributed by atoms with Gasteiger partial charge in [0.25, 0.3) is 15.9 Å². The number of carbonyl (C=O) groups excluding carboxylic acids is 1. The number of benzene rings is 2. The predicted molar refractivity (Wildman–Crippen MR) is 158 cm³/mol. The summed E-state index contributed by atoms with van der Waals surface area (Å²) in [7, 11) is -4.10. The number of aryl methyl sites for hydroxylation is 2. The van der Waals surface area contributed by atoms with Gasteiger partial charge in [-0.2, -0.15) is 4.98 Å². The van der Waals surface area contributed by atoms with Crippen LogP contribution in [0.1, 0.15) is 69.4 Å². The molecule has 9 heteroatoms. The van der Waals surface area contributed by atoms with Crippen LogP contribution in [0.5, 0.6) is 5.88 Å². The summed E-state index contributed by atoms with van der Waals surface area (Å²) >= 11 is 0. The van der Waals surface area contributed by atoms with Crippen molar-refractivity contribution in [3.05, 3.63) is 65.2 Å². The van der Waals surface area contributed by atoms with E-state index < -0.39 is 10.0 Å². The van der Waals surface area contributed by atoms with Crippen molar-refractivity contribution in [2.45, 2.75) is 72.7 Å². The number of ether oxygens (including phenoxy) is 1. The number of aromatic nitrogens is 2. The maximum atomic E-state index is 14.0. The zero-order chi connectivity index (χ0) is 29.5. The van der Waals surface area contributed by atoms with Gasteiger partial charge >= 0.3 is 0 Å². The Bertz CT molecular complexity index is 1500. The van der Waals surface area contributed by atoms with Gasteiger partial charge in [0.05, 0.1) is 16.6 Å². The molecular weight excluding hydrogens is 524 g/mol. The highest BCUT2D eigenvalue weighted by molar-refractivity contribution is 7.92. The molecule has 1 amide bonds. The van der Waals surface area contributed by atoms with Crippen LogP contribution in [0.2, 0.25) is 0 Å². The van der Waals surface area contributed by atoms with E-state index in [-0.39, 0.29) is 46.1 Å². The minimum Gasteiger partial charge on any atom is -0.475 e. The zero-order valence-corrected chi connectivity index (χ0v) is 25.5. The van der Waals surface area contributed by atoms with E-state index >= 15 is 0 Å². The Morgan fingerprint density at radius 2 is 1.60 bits per heavy atom. The predicted octanol–water partition coefficient (Wildman–Crippen LogP) is 6.25. The Kier molecular flexibility index (Phi) is 8.00. The van der Waals surface area contributed by atoms with Crippen LogP contribution in [0.15, 0.2) is 53.4 Å². The molecular formula is C31H40N4O4S. The zero-order valence-electron chi connectivity index (χ0n) is 24.7. The van der Waals surface area contributed by atoms with Crippen molar-refractivity contribution in [3.63, 3.8) is 0 Å². The number of amides is 1. The molecule has 40 heavy (non-hydrogen) atoms. The third-order valence-corrected chi connectivity index (χ3v) is 8.00. The highest BCUT2D eigenvalue weighted by Crippen LogP contribution is 2.32. The lowest BCUT2D eigenvalue weighted by atomic mass is 9.86. The number of rotatable bonds is 3. The van der Waals surface area contributed by atoms with Crippen LogP contribution in [0.4, 0.5) is 5.95 Å². The van der Waals surface area contributed by atoms with Crippen LogP contribution in [-0.2, 0) is 10.0 Å². The minimum atomic E-state index is -4.10. The largest absolute Gasteiger partial charge is 0.475 e. The van der Waals surface area contributed by atoms with Gasteiger partial charge in [-0.3, -0.25) is 4.79 Å². The normalized spacial score (nSPS) is 17.6. The third kappa shape index (κ3) is 6.99. The summed E-state index contributed by atoms with van der Waals surface area (Å²) in [6.07, 6.45) is 0.673. The fourth-order valence-corrected chi connectivity index (χ4v) is 6.05. The molecule has 0 aliphatic carbocycles. The molecule has 214 valence electrons. The van der Waals surface area contributed by atoms with Gasteiger partial charge < -0.3 is 9.64 Å². The Morgan fingerprint density at radius 1 is 0.950 bits per heavy atom. The Labute approximate surface area is 238 Å². The lowest BCUT2D eigenvalue weighted by Gasteiger charge is -2.39. The molecule has 8 nitrogen and oxygen atoms in total. The van der Waals surface area contributed by atoms with Crippen molar-refractivity contribution in [1.82, 2.24) is 14.9 Å². The molecule has 2 heterocycles. The highest BCUT2D eigenvalue weighted by Gasteiger charge is 2.33. The van der Waals surface area contributed by atoms with Crippen LogP contribution >= 0.6 is 0 Å². The number of nitrogens with zero attached hydrogens (tertiary/aromatic N) is 3. The van der Waals surface area contributed by atoms with E-state index in [4.69, 9.17) is 4.74 Å². The standard InChI is InChI=1S/C31H40N4O4S/c1-20-11-9-12-21(2)27(20)25-16-26-33-29(32-25)34-40(37,38)24-14-10-13-22(15-24)28(36)35(19-31(6,7)8)23(18-39-26)17-30(3,4)5/h9-16,23H,17-19H2,1-8H3,(H,32,33,34)/t23-/m1/s1. The van der Waals surface area contributed by atoms with E-state index in [1.54, 1.807) is 18.2 Å². The minimum absolute atomic E-state index is 0.0378. The molecule has 4 rings (SSSR count). The number of hydrogen-bond acceptors (Lipinski definition) is 6. The van der Waals surface area contributed by atoms with Gasteiger partial charge in [-0.15, -0.1) is 0 Å². The number of hydrogen-bond donors (Lipinski definition) is 1. The van der Waals surface area contributed by atoms with Crippen molar-refractivity contribution in [1.29, 1.82) is 0 Å². The van der Waals surface area contributed by atoms with Crippen molar-refractivity contribution >= 4 is 21.9 Å². The summed E-state index contributed by atoms with van der Waals surface area (Å²) in [5.41, 5.74) is 3.42. The smallest absolute Gasteiger partial charge is 0.264 e. The molecule has 1 aliphatic rings. The first-order valence-corrected chi connectivity index (χ1v) is 15.0. The summed E-state index contributed by atoms with van der Waals surface area (Å²) in [5.74, 6) is -0.0958. The van der Waals surface area contributed by atoms with E-state index in [9.17, 15) is 13.2 Å². The first kappa shape index (κ1) is 29.5.